The van der Waals surface area contributed by atoms with E-state index in [1.807, 2.05) is 16.9 Å². The molecule has 1 aliphatic rings. The van der Waals surface area contributed by atoms with E-state index in [-0.39, 0.29) is 17.0 Å². The first-order valence-corrected chi connectivity index (χ1v) is 7.34. The Morgan fingerprint density at radius 1 is 1.43 bits per heavy atom. The third kappa shape index (κ3) is 3.07. The summed E-state index contributed by atoms with van der Waals surface area (Å²) < 4.78 is 3.35. The quantitative estimate of drug-likeness (QED) is 0.855. The molecule has 112 valence electrons. The van der Waals surface area contributed by atoms with Crippen LogP contribution in [0.1, 0.15) is 23.5 Å². The molecule has 1 amide bonds. The van der Waals surface area contributed by atoms with Crippen LogP contribution in [0.5, 0.6) is 0 Å². The van der Waals surface area contributed by atoms with Crippen LogP contribution in [-0.2, 0) is 13.6 Å². The molecule has 8 heteroatoms. The molecule has 0 atom stereocenters. The third-order valence-electron chi connectivity index (χ3n) is 3.81. The topological polar surface area (TPSA) is 68.8 Å². The van der Waals surface area contributed by atoms with Crippen LogP contribution in [0.15, 0.2) is 18.5 Å². The maximum atomic E-state index is 12.3. The number of rotatable bonds is 3. The summed E-state index contributed by atoms with van der Waals surface area (Å²) >= 11 is 5.82. The molecule has 0 bridgehead atoms. The molecule has 0 radical (unpaired) electrons. The zero-order chi connectivity index (χ0) is 14.8. The third-order valence-corrected chi connectivity index (χ3v) is 4.14. The van der Waals surface area contributed by atoms with E-state index in [1.165, 1.54) is 4.68 Å². The van der Waals surface area contributed by atoms with Gasteiger partial charge in [0, 0.05) is 39.1 Å². The van der Waals surface area contributed by atoms with Crippen molar-refractivity contribution in [3.8, 4) is 0 Å². The summed E-state index contributed by atoms with van der Waals surface area (Å²) in [5.74, 6) is 0.581. The van der Waals surface area contributed by atoms with E-state index < -0.39 is 0 Å². The first kappa shape index (κ1) is 14.1. The fraction of sp³-hybridized carbons (Fsp3) is 0.538. The number of hydrogen-bond acceptors (Lipinski definition) is 4. The zero-order valence-corrected chi connectivity index (χ0v) is 12.6. The number of hydrogen-bond donors (Lipinski definition) is 0. The Labute approximate surface area is 127 Å². The molecule has 2 aromatic heterocycles. The second-order valence-corrected chi connectivity index (χ2v) is 5.63. The molecule has 21 heavy (non-hydrogen) atoms. The van der Waals surface area contributed by atoms with Crippen molar-refractivity contribution in [2.45, 2.75) is 19.4 Å². The minimum atomic E-state index is -0.143. The largest absolute Gasteiger partial charge is 0.336 e. The number of aryl methyl sites for hydroxylation is 1. The molecular weight excluding hydrogens is 292 g/mol. The number of carbonyl (C=O) groups excluding carboxylic acids is 1. The molecule has 1 aliphatic heterocycles. The lowest BCUT2D eigenvalue weighted by atomic mass is 9.97. The fourth-order valence-electron chi connectivity index (χ4n) is 2.59. The molecule has 7 nitrogen and oxygen atoms in total. The smallest absolute Gasteiger partial charge is 0.293 e. The van der Waals surface area contributed by atoms with Crippen molar-refractivity contribution in [2.75, 3.05) is 13.1 Å². The van der Waals surface area contributed by atoms with Gasteiger partial charge in [0.1, 0.15) is 0 Å². The molecular formula is C13H17ClN6O. The van der Waals surface area contributed by atoms with Gasteiger partial charge >= 0.3 is 0 Å². The van der Waals surface area contributed by atoms with Crippen molar-refractivity contribution in [1.29, 1.82) is 0 Å². The minimum absolute atomic E-state index is 0.143. The van der Waals surface area contributed by atoms with Crippen molar-refractivity contribution < 1.29 is 4.79 Å². The van der Waals surface area contributed by atoms with Gasteiger partial charge in [-0.15, -0.1) is 5.10 Å². The Bertz CT molecular complexity index is 595. The number of likely N-dealkylation sites (tertiary alicyclic amines) is 1. The van der Waals surface area contributed by atoms with E-state index in [9.17, 15) is 4.79 Å². The summed E-state index contributed by atoms with van der Waals surface area (Å²) in [6.45, 7) is 2.35. The van der Waals surface area contributed by atoms with Gasteiger partial charge in [0.25, 0.3) is 5.91 Å². The normalized spacial score (nSPS) is 16.4. The van der Waals surface area contributed by atoms with Gasteiger partial charge in [-0.05, 0) is 36.4 Å². The highest BCUT2D eigenvalue weighted by atomic mass is 35.5. The SMILES string of the molecule is Cn1nc(C(=O)N2CCC(Cn3cccn3)CC2)nc1Cl. The maximum absolute atomic E-state index is 12.3. The molecule has 1 fully saturated rings. The fourth-order valence-corrected chi connectivity index (χ4v) is 2.71. The van der Waals surface area contributed by atoms with Crippen LogP contribution in [0.2, 0.25) is 5.28 Å². The molecule has 0 saturated carbocycles. The highest BCUT2D eigenvalue weighted by Crippen LogP contribution is 2.20. The number of carbonyl (C=O) groups is 1. The second kappa shape index (κ2) is 5.85. The molecule has 0 N–H and O–H groups in total. The van der Waals surface area contributed by atoms with Crippen LogP contribution >= 0.6 is 11.6 Å². The molecule has 0 spiro atoms. The highest BCUT2D eigenvalue weighted by molar-refractivity contribution is 6.28. The van der Waals surface area contributed by atoms with Gasteiger partial charge in [0.2, 0.25) is 11.1 Å². The summed E-state index contributed by atoms with van der Waals surface area (Å²) in [6.07, 6.45) is 5.69. The van der Waals surface area contributed by atoms with Crippen LogP contribution in [-0.4, -0.2) is 48.4 Å². The van der Waals surface area contributed by atoms with Crippen molar-refractivity contribution in [3.63, 3.8) is 0 Å². The molecule has 0 aliphatic carbocycles. The van der Waals surface area contributed by atoms with Gasteiger partial charge < -0.3 is 4.90 Å². The number of nitrogens with zero attached hydrogens (tertiary/aromatic N) is 6. The van der Waals surface area contributed by atoms with E-state index in [2.05, 4.69) is 15.2 Å². The van der Waals surface area contributed by atoms with Crippen LogP contribution in [0.4, 0.5) is 0 Å². The molecule has 3 heterocycles. The van der Waals surface area contributed by atoms with E-state index in [1.54, 1.807) is 18.1 Å². The van der Waals surface area contributed by atoms with Gasteiger partial charge in [-0.1, -0.05) is 0 Å². The van der Waals surface area contributed by atoms with Crippen molar-refractivity contribution in [2.24, 2.45) is 13.0 Å². The Kier molecular flexibility index (Phi) is 3.92. The predicted molar refractivity (Wildman–Crippen MR) is 76.9 cm³/mol. The average Bonchev–Trinajstić information content (AvgIpc) is 3.10. The van der Waals surface area contributed by atoms with E-state index in [0.29, 0.717) is 5.92 Å². The van der Waals surface area contributed by atoms with Gasteiger partial charge in [-0.2, -0.15) is 10.1 Å². The standard InChI is InChI=1S/C13H17ClN6O/c1-18-13(14)16-11(17-18)12(21)19-7-3-10(4-8-19)9-20-6-2-5-15-20/h2,5-6,10H,3-4,7-9H2,1H3. The molecule has 0 unspecified atom stereocenters. The van der Waals surface area contributed by atoms with E-state index >= 15 is 0 Å². The van der Waals surface area contributed by atoms with Crippen LogP contribution in [0, 0.1) is 5.92 Å². The molecule has 1 saturated heterocycles. The summed E-state index contributed by atoms with van der Waals surface area (Å²) in [5, 5.41) is 8.49. The Balaban J connectivity index is 1.56. The Morgan fingerprint density at radius 3 is 2.76 bits per heavy atom. The lowest BCUT2D eigenvalue weighted by molar-refractivity contribution is 0.0668. The lowest BCUT2D eigenvalue weighted by Gasteiger charge is -2.31. The molecule has 3 rings (SSSR count). The Morgan fingerprint density at radius 2 is 2.19 bits per heavy atom. The summed E-state index contributed by atoms with van der Waals surface area (Å²) in [5.41, 5.74) is 0. The van der Waals surface area contributed by atoms with Gasteiger partial charge in [-0.3, -0.25) is 9.48 Å². The average molecular weight is 309 g/mol. The zero-order valence-electron chi connectivity index (χ0n) is 11.8. The lowest BCUT2D eigenvalue weighted by Crippen LogP contribution is -2.39. The monoisotopic (exact) mass is 308 g/mol. The summed E-state index contributed by atoms with van der Waals surface area (Å²) in [7, 11) is 1.67. The van der Waals surface area contributed by atoms with Gasteiger partial charge in [0.15, 0.2) is 0 Å². The molecule has 2 aromatic rings. The maximum Gasteiger partial charge on any atom is 0.293 e. The van der Waals surface area contributed by atoms with Gasteiger partial charge in [-0.25, -0.2) is 4.68 Å². The molecule has 0 aromatic carbocycles. The van der Waals surface area contributed by atoms with Gasteiger partial charge in [0.05, 0.1) is 0 Å². The van der Waals surface area contributed by atoms with E-state index in [4.69, 9.17) is 11.6 Å². The first-order valence-electron chi connectivity index (χ1n) is 6.96. The first-order chi connectivity index (χ1) is 10.1. The van der Waals surface area contributed by atoms with Crippen LogP contribution in [0.25, 0.3) is 0 Å². The number of aromatic nitrogens is 5. The highest BCUT2D eigenvalue weighted by Gasteiger charge is 2.26. The van der Waals surface area contributed by atoms with Crippen molar-refractivity contribution in [1.82, 2.24) is 29.4 Å². The predicted octanol–water partition coefficient (Wildman–Crippen LogP) is 1.22. The second-order valence-electron chi connectivity index (χ2n) is 5.29. The number of piperidine rings is 1. The van der Waals surface area contributed by atoms with Crippen LogP contribution in [0.3, 0.4) is 0 Å². The van der Waals surface area contributed by atoms with Crippen LogP contribution < -0.4 is 0 Å². The summed E-state index contributed by atoms with van der Waals surface area (Å²) in [4.78, 5) is 18.1. The Hall–Kier alpha value is -1.89. The number of amides is 1. The van der Waals surface area contributed by atoms with Crippen molar-refractivity contribution in [3.05, 3.63) is 29.6 Å². The minimum Gasteiger partial charge on any atom is -0.336 e. The summed E-state index contributed by atoms with van der Waals surface area (Å²) in [6, 6.07) is 1.93. The van der Waals surface area contributed by atoms with Crippen molar-refractivity contribution >= 4 is 17.5 Å². The van der Waals surface area contributed by atoms with E-state index in [0.717, 1.165) is 32.5 Å². The number of halogens is 1.